The summed E-state index contributed by atoms with van der Waals surface area (Å²) in [7, 11) is 0. The lowest BCUT2D eigenvalue weighted by Crippen LogP contribution is -2.37. The van der Waals surface area contributed by atoms with Crippen molar-refractivity contribution in [3.05, 3.63) is 35.9 Å². The summed E-state index contributed by atoms with van der Waals surface area (Å²) in [6.07, 6.45) is 3.39. The lowest BCUT2D eigenvalue weighted by molar-refractivity contribution is -0.130. The summed E-state index contributed by atoms with van der Waals surface area (Å²) >= 11 is 0. The number of hydrogen-bond acceptors (Lipinski definition) is 1. The molecule has 2 heteroatoms. The molecule has 1 fully saturated rings. The van der Waals surface area contributed by atoms with Crippen LogP contribution in [-0.4, -0.2) is 23.4 Å². The predicted octanol–water partition coefficient (Wildman–Crippen LogP) is 3.19. The van der Waals surface area contributed by atoms with E-state index in [1.54, 1.807) is 6.92 Å². The van der Waals surface area contributed by atoms with Crippen molar-refractivity contribution in [3.8, 4) is 0 Å². The van der Waals surface area contributed by atoms with Crippen LogP contribution in [-0.2, 0) is 4.79 Å². The van der Waals surface area contributed by atoms with Crippen LogP contribution < -0.4 is 0 Å². The Morgan fingerprint density at radius 2 is 2.12 bits per heavy atom. The maximum absolute atomic E-state index is 11.6. The third-order valence-electron chi connectivity index (χ3n) is 3.84. The first-order valence-corrected chi connectivity index (χ1v) is 6.56. The third kappa shape index (κ3) is 2.51. The molecule has 2 nitrogen and oxygen atoms in total. The van der Waals surface area contributed by atoms with Crippen molar-refractivity contribution < 1.29 is 4.79 Å². The summed E-state index contributed by atoms with van der Waals surface area (Å²) in [6, 6.07) is 11.0. The summed E-state index contributed by atoms with van der Waals surface area (Å²) in [5, 5.41) is 0. The van der Waals surface area contributed by atoms with Crippen molar-refractivity contribution >= 4 is 5.91 Å². The summed E-state index contributed by atoms with van der Waals surface area (Å²) < 4.78 is 0. The summed E-state index contributed by atoms with van der Waals surface area (Å²) in [5.41, 5.74) is 1.37. The molecular formula is C15H21NO. The first kappa shape index (κ1) is 12.2. The highest BCUT2D eigenvalue weighted by Gasteiger charge is 2.32. The van der Waals surface area contributed by atoms with Crippen LogP contribution >= 0.6 is 0 Å². The Morgan fingerprint density at radius 1 is 1.41 bits per heavy atom. The van der Waals surface area contributed by atoms with E-state index in [9.17, 15) is 4.79 Å². The lowest BCUT2D eigenvalue weighted by Gasteiger charge is -2.30. The predicted molar refractivity (Wildman–Crippen MR) is 69.9 cm³/mol. The fraction of sp³-hybridized carbons (Fsp3) is 0.533. The maximum atomic E-state index is 11.6. The SMILES string of the molecule is CC[C@H](c1ccccc1)[C@@H]1CCCN1C(C)=O. The molecular weight excluding hydrogens is 210 g/mol. The fourth-order valence-electron chi connectivity index (χ4n) is 3.03. The third-order valence-corrected chi connectivity index (χ3v) is 3.84. The van der Waals surface area contributed by atoms with Gasteiger partial charge in [0.1, 0.15) is 0 Å². The summed E-state index contributed by atoms with van der Waals surface area (Å²) in [4.78, 5) is 13.7. The average molecular weight is 231 g/mol. The van der Waals surface area contributed by atoms with Crippen molar-refractivity contribution in [2.24, 2.45) is 0 Å². The molecule has 1 aliphatic rings. The molecule has 1 saturated heterocycles. The fourth-order valence-corrected chi connectivity index (χ4v) is 3.03. The van der Waals surface area contributed by atoms with Gasteiger partial charge in [0.15, 0.2) is 0 Å². The Bertz CT molecular complexity index is 374. The normalized spacial score (nSPS) is 21.5. The highest BCUT2D eigenvalue weighted by molar-refractivity contribution is 5.74. The van der Waals surface area contributed by atoms with Gasteiger partial charge in [-0.2, -0.15) is 0 Å². The molecule has 0 bridgehead atoms. The van der Waals surface area contributed by atoms with E-state index in [4.69, 9.17) is 0 Å². The van der Waals surface area contributed by atoms with Gasteiger partial charge in [-0.15, -0.1) is 0 Å². The number of carbonyl (C=O) groups excluding carboxylic acids is 1. The molecule has 0 spiro atoms. The Hall–Kier alpha value is -1.31. The Labute approximate surface area is 104 Å². The van der Waals surface area contributed by atoms with Crippen LogP contribution in [0.3, 0.4) is 0 Å². The minimum absolute atomic E-state index is 0.224. The topological polar surface area (TPSA) is 20.3 Å². The van der Waals surface area contributed by atoms with E-state index in [2.05, 4.69) is 36.1 Å². The van der Waals surface area contributed by atoms with Gasteiger partial charge in [-0.3, -0.25) is 4.79 Å². The van der Waals surface area contributed by atoms with E-state index in [-0.39, 0.29) is 5.91 Å². The molecule has 1 amide bonds. The second-order valence-corrected chi connectivity index (χ2v) is 4.85. The highest BCUT2D eigenvalue weighted by atomic mass is 16.2. The van der Waals surface area contributed by atoms with Crippen LogP contribution in [0.1, 0.15) is 44.6 Å². The van der Waals surface area contributed by atoms with Crippen LogP contribution in [0.25, 0.3) is 0 Å². The molecule has 0 aliphatic carbocycles. The molecule has 0 unspecified atom stereocenters. The number of rotatable bonds is 3. The van der Waals surface area contributed by atoms with Crippen LogP contribution in [0.4, 0.5) is 0 Å². The smallest absolute Gasteiger partial charge is 0.219 e. The minimum Gasteiger partial charge on any atom is -0.339 e. The van der Waals surface area contributed by atoms with E-state index in [0.29, 0.717) is 12.0 Å². The van der Waals surface area contributed by atoms with E-state index in [0.717, 1.165) is 25.8 Å². The number of benzene rings is 1. The number of nitrogens with zero attached hydrogens (tertiary/aromatic N) is 1. The zero-order valence-corrected chi connectivity index (χ0v) is 10.7. The molecule has 1 aliphatic heterocycles. The average Bonchev–Trinajstić information content (AvgIpc) is 2.81. The van der Waals surface area contributed by atoms with Crippen LogP contribution in [0, 0.1) is 0 Å². The first-order valence-electron chi connectivity index (χ1n) is 6.56. The Balaban J connectivity index is 2.21. The van der Waals surface area contributed by atoms with E-state index < -0.39 is 0 Å². The number of hydrogen-bond donors (Lipinski definition) is 0. The molecule has 0 saturated carbocycles. The Morgan fingerprint density at radius 3 is 2.71 bits per heavy atom. The number of likely N-dealkylation sites (tertiary alicyclic amines) is 1. The molecule has 0 N–H and O–H groups in total. The van der Waals surface area contributed by atoms with Gasteiger partial charge in [-0.1, -0.05) is 37.3 Å². The van der Waals surface area contributed by atoms with Gasteiger partial charge < -0.3 is 4.90 Å². The standard InChI is InChI=1S/C15H21NO/c1-3-14(13-8-5-4-6-9-13)15-10-7-11-16(15)12(2)17/h4-6,8-9,14-15H,3,7,10-11H2,1-2H3/t14-,15+/m1/s1. The van der Waals surface area contributed by atoms with Crippen molar-refractivity contribution in [1.29, 1.82) is 0 Å². The molecule has 1 aromatic carbocycles. The molecule has 2 atom stereocenters. The molecule has 1 heterocycles. The quantitative estimate of drug-likeness (QED) is 0.782. The minimum atomic E-state index is 0.224. The lowest BCUT2D eigenvalue weighted by atomic mass is 9.88. The van der Waals surface area contributed by atoms with Crippen molar-refractivity contribution in [2.45, 2.75) is 45.1 Å². The van der Waals surface area contributed by atoms with Crippen molar-refractivity contribution in [1.82, 2.24) is 4.90 Å². The molecule has 0 aromatic heterocycles. The van der Waals surface area contributed by atoms with Gasteiger partial charge >= 0.3 is 0 Å². The second kappa shape index (κ2) is 5.35. The molecule has 2 rings (SSSR count). The number of amides is 1. The molecule has 1 aromatic rings. The van der Waals surface area contributed by atoms with E-state index in [1.165, 1.54) is 5.56 Å². The molecule has 17 heavy (non-hydrogen) atoms. The Kier molecular flexibility index (Phi) is 3.82. The molecule has 0 radical (unpaired) electrons. The van der Waals surface area contributed by atoms with Crippen LogP contribution in [0.2, 0.25) is 0 Å². The van der Waals surface area contributed by atoms with Gasteiger partial charge in [0.05, 0.1) is 0 Å². The zero-order chi connectivity index (χ0) is 12.3. The summed E-state index contributed by atoms with van der Waals surface area (Å²) in [6.45, 7) is 4.84. The van der Waals surface area contributed by atoms with Gasteiger partial charge in [-0.05, 0) is 24.8 Å². The van der Waals surface area contributed by atoms with E-state index >= 15 is 0 Å². The zero-order valence-electron chi connectivity index (χ0n) is 10.7. The second-order valence-electron chi connectivity index (χ2n) is 4.85. The van der Waals surface area contributed by atoms with Gasteiger partial charge in [0.25, 0.3) is 0 Å². The van der Waals surface area contributed by atoms with Gasteiger partial charge in [-0.25, -0.2) is 0 Å². The monoisotopic (exact) mass is 231 g/mol. The first-order chi connectivity index (χ1) is 8.24. The maximum Gasteiger partial charge on any atom is 0.219 e. The van der Waals surface area contributed by atoms with Gasteiger partial charge in [0, 0.05) is 25.4 Å². The van der Waals surface area contributed by atoms with Crippen molar-refractivity contribution in [2.75, 3.05) is 6.54 Å². The number of carbonyl (C=O) groups is 1. The van der Waals surface area contributed by atoms with Crippen LogP contribution in [0.15, 0.2) is 30.3 Å². The van der Waals surface area contributed by atoms with Gasteiger partial charge in [0.2, 0.25) is 5.91 Å². The largest absolute Gasteiger partial charge is 0.339 e. The van der Waals surface area contributed by atoms with Crippen molar-refractivity contribution in [3.63, 3.8) is 0 Å². The van der Waals surface area contributed by atoms with Crippen LogP contribution in [0.5, 0.6) is 0 Å². The molecule has 92 valence electrons. The highest BCUT2D eigenvalue weighted by Crippen LogP contribution is 2.33. The summed E-state index contributed by atoms with van der Waals surface area (Å²) in [5.74, 6) is 0.712. The van der Waals surface area contributed by atoms with E-state index in [1.807, 2.05) is 6.07 Å².